The third-order valence-electron chi connectivity index (χ3n) is 4.13. The molecule has 0 aliphatic rings. The summed E-state index contributed by atoms with van der Waals surface area (Å²) in [6.07, 6.45) is 1.86. The number of aromatic nitrogens is 2. The highest BCUT2D eigenvalue weighted by Gasteiger charge is 2.13. The van der Waals surface area contributed by atoms with Crippen LogP contribution in [0.2, 0.25) is 0 Å². The smallest absolute Gasteiger partial charge is 0.163 e. The van der Waals surface area contributed by atoms with Gasteiger partial charge in [0.25, 0.3) is 0 Å². The average molecular weight is 296 g/mol. The summed E-state index contributed by atoms with van der Waals surface area (Å²) in [6, 6.07) is 22.2. The van der Waals surface area contributed by atoms with Crippen molar-refractivity contribution in [2.45, 2.75) is 0 Å². The minimum atomic E-state index is 0.688. The molecule has 5 rings (SSSR count). The summed E-state index contributed by atoms with van der Waals surface area (Å²) < 4.78 is 6.07. The summed E-state index contributed by atoms with van der Waals surface area (Å²) in [7, 11) is 0. The summed E-state index contributed by atoms with van der Waals surface area (Å²) in [5.74, 6) is 0.688. The second kappa shape index (κ2) is 4.65. The van der Waals surface area contributed by atoms with Crippen LogP contribution in [-0.4, -0.2) is 9.97 Å². The Hall–Kier alpha value is -3.20. The van der Waals surface area contributed by atoms with E-state index in [0.717, 1.165) is 38.4 Å². The van der Waals surface area contributed by atoms with Gasteiger partial charge in [-0.15, -0.1) is 0 Å². The maximum absolute atomic E-state index is 6.07. The van der Waals surface area contributed by atoms with Crippen molar-refractivity contribution in [3.05, 3.63) is 72.9 Å². The summed E-state index contributed by atoms with van der Waals surface area (Å²) >= 11 is 0. The van der Waals surface area contributed by atoms with Crippen molar-refractivity contribution in [1.82, 2.24) is 9.97 Å². The zero-order valence-electron chi connectivity index (χ0n) is 12.2. The molecule has 0 N–H and O–H groups in total. The van der Waals surface area contributed by atoms with Crippen LogP contribution in [0, 0.1) is 0 Å². The second-order valence-electron chi connectivity index (χ2n) is 5.53. The zero-order chi connectivity index (χ0) is 15.2. The van der Waals surface area contributed by atoms with Crippen LogP contribution >= 0.6 is 0 Å². The summed E-state index contributed by atoms with van der Waals surface area (Å²) in [6.45, 7) is 0. The molecule has 0 aliphatic carbocycles. The molecular weight excluding hydrogens is 284 g/mol. The van der Waals surface area contributed by atoms with Gasteiger partial charge in [0, 0.05) is 22.4 Å². The van der Waals surface area contributed by atoms with Crippen molar-refractivity contribution < 1.29 is 4.42 Å². The Morgan fingerprint density at radius 2 is 1.57 bits per heavy atom. The molecule has 0 saturated carbocycles. The van der Waals surface area contributed by atoms with Crippen molar-refractivity contribution in [1.29, 1.82) is 0 Å². The molecule has 108 valence electrons. The van der Waals surface area contributed by atoms with E-state index in [2.05, 4.69) is 17.1 Å². The van der Waals surface area contributed by atoms with E-state index in [1.54, 1.807) is 0 Å². The van der Waals surface area contributed by atoms with Crippen LogP contribution in [0.5, 0.6) is 0 Å². The Balaban J connectivity index is 1.84. The quantitative estimate of drug-likeness (QED) is 0.427. The maximum Gasteiger partial charge on any atom is 0.163 e. The predicted octanol–water partition coefficient (Wildman–Crippen LogP) is 5.20. The molecule has 23 heavy (non-hydrogen) atoms. The van der Waals surface area contributed by atoms with Crippen LogP contribution in [0.25, 0.3) is 44.2 Å². The number of hydrogen-bond acceptors (Lipinski definition) is 3. The van der Waals surface area contributed by atoms with E-state index in [0.29, 0.717) is 5.82 Å². The van der Waals surface area contributed by atoms with Crippen LogP contribution in [0.15, 0.2) is 77.3 Å². The Kier molecular flexibility index (Phi) is 2.50. The molecule has 0 aliphatic heterocycles. The lowest BCUT2D eigenvalue weighted by atomic mass is 10.1. The molecule has 0 saturated heterocycles. The molecule has 2 aromatic heterocycles. The van der Waals surface area contributed by atoms with E-state index in [1.807, 2.05) is 60.8 Å². The monoisotopic (exact) mass is 296 g/mol. The number of fused-ring (bicyclic) bond motifs is 4. The van der Waals surface area contributed by atoms with Gasteiger partial charge in [0.1, 0.15) is 11.2 Å². The van der Waals surface area contributed by atoms with Gasteiger partial charge in [-0.2, -0.15) is 0 Å². The fourth-order valence-corrected chi connectivity index (χ4v) is 3.03. The lowest BCUT2D eigenvalue weighted by Crippen LogP contribution is -1.90. The minimum absolute atomic E-state index is 0.688. The highest BCUT2D eigenvalue weighted by atomic mass is 16.3. The van der Waals surface area contributed by atoms with Crippen LogP contribution in [0.4, 0.5) is 0 Å². The molecule has 0 spiro atoms. The van der Waals surface area contributed by atoms with Crippen LogP contribution in [0.1, 0.15) is 0 Å². The number of rotatable bonds is 1. The second-order valence-corrected chi connectivity index (χ2v) is 5.53. The largest absolute Gasteiger partial charge is 0.455 e. The minimum Gasteiger partial charge on any atom is -0.455 e. The number of benzene rings is 3. The first-order chi connectivity index (χ1) is 11.4. The summed E-state index contributed by atoms with van der Waals surface area (Å²) in [4.78, 5) is 9.22. The number of nitrogens with zero attached hydrogens (tertiary/aromatic N) is 2. The van der Waals surface area contributed by atoms with Crippen molar-refractivity contribution in [2.75, 3.05) is 0 Å². The third kappa shape index (κ3) is 1.83. The molecule has 0 unspecified atom stereocenters. The van der Waals surface area contributed by atoms with Gasteiger partial charge in [-0.3, -0.25) is 0 Å². The highest BCUT2D eigenvalue weighted by molar-refractivity contribution is 6.09. The van der Waals surface area contributed by atoms with Gasteiger partial charge in [0.05, 0.1) is 11.1 Å². The standard InChI is InChI=1S/C20H12N2O/c1-3-10-17-13(6-1)12-21-20(22-17)16-9-5-8-15-14-7-2-4-11-18(14)23-19(15)16/h1-12H. The Bertz CT molecular complexity index is 1170. The Morgan fingerprint density at radius 1 is 0.739 bits per heavy atom. The highest BCUT2D eigenvalue weighted by Crippen LogP contribution is 2.34. The van der Waals surface area contributed by atoms with E-state index in [1.165, 1.54) is 0 Å². The summed E-state index contributed by atoms with van der Waals surface area (Å²) in [5.41, 5.74) is 3.58. The molecule has 3 nitrogen and oxygen atoms in total. The first-order valence-electron chi connectivity index (χ1n) is 7.52. The Labute approximate surface area is 132 Å². The van der Waals surface area contributed by atoms with Crippen LogP contribution in [-0.2, 0) is 0 Å². The molecule has 3 aromatic carbocycles. The lowest BCUT2D eigenvalue weighted by molar-refractivity contribution is 0.669. The SMILES string of the molecule is c1ccc2nc(-c3cccc4c3oc3ccccc34)ncc2c1. The normalized spacial score (nSPS) is 11.5. The average Bonchev–Trinajstić information content (AvgIpc) is 3.00. The van der Waals surface area contributed by atoms with E-state index in [9.17, 15) is 0 Å². The fraction of sp³-hybridized carbons (Fsp3) is 0. The van der Waals surface area contributed by atoms with E-state index >= 15 is 0 Å². The van der Waals surface area contributed by atoms with Crippen LogP contribution < -0.4 is 0 Å². The van der Waals surface area contributed by atoms with E-state index in [-0.39, 0.29) is 0 Å². The maximum atomic E-state index is 6.07. The molecule has 0 bridgehead atoms. The van der Waals surface area contributed by atoms with Gasteiger partial charge in [0.15, 0.2) is 5.82 Å². The molecule has 2 heterocycles. The zero-order valence-corrected chi connectivity index (χ0v) is 12.2. The first-order valence-corrected chi connectivity index (χ1v) is 7.52. The molecule has 0 radical (unpaired) electrons. The van der Waals surface area contributed by atoms with Gasteiger partial charge in [-0.05, 0) is 18.2 Å². The lowest BCUT2D eigenvalue weighted by Gasteiger charge is -2.03. The molecule has 5 aromatic rings. The van der Waals surface area contributed by atoms with Crippen molar-refractivity contribution in [3.63, 3.8) is 0 Å². The topological polar surface area (TPSA) is 38.9 Å². The summed E-state index contributed by atoms with van der Waals surface area (Å²) in [5, 5.41) is 3.24. The number of furan rings is 1. The molecule has 0 amide bonds. The number of hydrogen-bond donors (Lipinski definition) is 0. The first kappa shape index (κ1) is 12.4. The van der Waals surface area contributed by atoms with Crippen molar-refractivity contribution in [2.24, 2.45) is 0 Å². The van der Waals surface area contributed by atoms with Crippen molar-refractivity contribution >= 4 is 32.8 Å². The van der Waals surface area contributed by atoms with Gasteiger partial charge in [0.2, 0.25) is 0 Å². The fourth-order valence-electron chi connectivity index (χ4n) is 3.03. The predicted molar refractivity (Wildman–Crippen MR) is 92.3 cm³/mol. The third-order valence-corrected chi connectivity index (χ3v) is 4.13. The van der Waals surface area contributed by atoms with E-state index in [4.69, 9.17) is 9.40 Å². The molecule has 3 heteroatoms. The van der Waals surface area contributed by atoms with Gasteiger partial charge in [-0.1, -0.05) is 48.5 Å². The van der Waals surface area contributed by atoms with Gasteiger partial charge >= 0.3 is 0 Å². The number of para-hydroxylation sites is 3. The van der Waals surface area contributed by atoms with Gasteiger partial charge < -0.3 is 4.42 Å². The van der Waals surface area contributed by atoms with Crippen LogP contribution in [0.3, 0.4) is 0 Å². The molecular formula is C20H12N2O. The molecule has 0 atom stereocenters. The van der Waals surface area contributed by atoms with Crippen molar-refractivity contribution in [3.8, 4) is 11.4 Å². The van der Waals surface area contributed by atoms with E-state index < -0.39 is 0 Å². The Morgan fingerprint density at radius 3 is 2.57 bits per heavy atom. The molecule has 0 fully saturated rings. The van der Waals surface area contributed by atoms with Gasteiger partial charge in [-0.25, -0.2) is 9.97 Å².